The second kappa shape index (κ2) is 12.2. The van der Waals surface area contributed by atoms with Crippen LogP contribution >= 0.6 is 0 Å². The van der Waals surface area contributed by atoms with Gasteiger partial charge in [-0.3, -0.25) is 0 Å². The highest BCUT2D eigenvalue weighted by atomic mass is 15.2. The van der Waals surface area contributed by atoms with Crippen molar-refractivity contribution in [3.63, 3.8) is 0 Å². The highest BCUT2D eigenvalue weighted by Crippen LogP contribution is 2.47. The maximum Gasteiger partial charge on any atom is 0.0546 e. The molecule has 0 atom stereocenters. The van der Waals surface area contributed by atoms with E-state index >= 15 is 0 Å². The third-order valence-corrected chi connectivity index (χ3v) is 9.82. The number of allylic oxidation sites excluding steroid dienone is 4. The quantitative estimate of drug-likeness (QED) is 0.171. The lowest BCUT2D eigenvalue weighted by atomic mass is 9.93. The zero-order valence-electron chi connectivity index (χ0n) is 28.2. The first-order chi connectivity index (χ1) is 23.4. The SMILES string of the molecule is CC1=CC=C(N(c2ccc(C)cc2)c2cc3c4ccccc4c(N(c4ccc(C)cc4)c4ccc(C)cc4)cc3c3ccccc23)CC1. The summed E-state index contributed by atoms with van der Waals surface area (Å²) in [5.41, 5.74) is 12.4. The summed E-state index contributed by atoms with van der Waals surface area (Å²) in [5.74, 6) is 0. The highest BCUT2D eigenvalue weighted by molar-refractivity contribution is 6.24. The fourth-order valence-electron chi connectivity index (χ4n) is 7.17. The molecule has 1 aliphatic carbocycles. The second-order valence-corrected chi connectivity index (χ2v) is 13.3. The molecule has 0 N–H and O–H groups in total. The van der Waals surface area contributed by atoms with E-state index in [4.69, 9.17) is 0 Å². The summed E-state index contributed by atoms with van der Waals surface area (Å²) < 4.78 is 0. The summed E-state index contributed by atoms with van der Waals surface area (Å²) in [6.45, 7) is 8.69. The Morgan fingerprint density at radius 1 is 0.375 bits per heavy atom. The average molecular weight is 621 g/mol. The molecular formula is C46H40N2. The van der Waals surface area contributed by atoms with Crippen molar-refractivity contribution in [3.8, 4) is 0 Å². The number of hydrogen-bond acceptors (Lipinski definition) is 2. The predicted octanol–water partition coefficient (Wildman–Crippen LogP) is 13.3. The topological polar surface area (TPSA) is 6.48 Å². The zero-order chi connectivity index (χ0) is 32.8. The van der Waals surface area contributed by atoms with Crippen LogP contribution in [0.25, 0.3) is 32.3 Å². The molecule has 0 unspecified atom stereocenters. The van der Waals surface area contributed by atoms with E-state index in [9.17, 15) is 0 Å². The monoisotopic (exact) mass is 620 g/mol. The zero-order valence-corrected chi connectivity index (χ0v) is 28.2. The van der Waals surface area contributed by atoms with E-state index in [1.807, 2.05) is 0 Å². The molecule has 2 heteroatoms. The van der Waals surface area contributed by atoms with Crippen molar-refractivity contribution >= 4 is 60.8 Å². The van der Waals surface area contributed by atoms with Gasteiger partial charge in [0.1, 0.15) is 0 Å². The molecule has 48 heavy (non-hydrogen) atoms. The second-order valence-electron chi connectivity index (χ2n) is 13.3. The van der Waals surface area contributed by atoms with Gasteiger partial charge in [0.2, 0.25) is 0 Å². The molecule has 0 heterocycles. The molecule has 234 valence electrons. The lowest BCUT2D eigenvalue weighted by Gasteiger charge is -2.32. The van der Waals surface area contributed by atoms with E-state index in [-0.39, 0.29) is 0 Å². The average Bonchev–Trinajstić information content (AvgIpc) is 3.12. The molecule has 0 aromatic heterocycles. The number of anilines is 5. The van der Waals surface area contributed by atoms with Crippen molar-refractivity contribution in [3.05, 3.63) is 174 Å². The molecule has 0 amide bonds. The van der Waals surface area contributed by atoms with E-state index < -0.39 is 0 Å². The summed E-state index contributed by atoms with van der Waals surface area (Å²) in [4.78, 5) is 4.92. The Balaban J connectivity index is 1.45. The highest BCUT2D eigenvalue weighted by Gasteiger charge is 2.23. The van der Waals surface area contributed by atoms with Gasteiger partial charge in [-0.2, -0.15) is 0 Å². The Morgan fingerprint density at radius 3 is 1.19 bits per heavy atom. The van der Waals surface area contributed by atoms with Crippen LogP contribution in [0, 0.1) is 20.8 Å². The maximum absolute atomic E-state index is 2.50. The molecule has 2 nitrogen and oxygen atoms in total. The molecule has 0 spiro atoms. The molecule has 0 aliphatic heterocycles. The summed E-state index contributed by atoms with van der Waals surface area (Å²) in [6.07, 6.45) is 6.68. The Morgan fingerprint density at radius 2 is 0.771 bits per heavy atom. The number of fused-ring (bicyclic) bond motifs is 5. The van der Waals surface area contributed by atoms with Crippen LogP contribution in [0.1, 0.15) is 36.5 Å². The van der Waals surface area contributed by atoms with Gasteiger partial charge in [0, 0.05) is 33.5 Å². The molecule has 0 bridgehead atoms. The first-order valence-corrected chi connectivity index (χ1v) is 17.0. The van der Waals surface area contributed by atoms with Crippen LogP contribution in [0.15, 0.2) is 157 Å². The Bertz CT molecular complexity index is 2310. The summed E-state index contributed by atoms with van der Waals surface area (Å²) >= 11 is 0. The number of hydrogen-bond donors (Lipinski definition) is 0. The van der Waals surface area contributed by atoms with Crippen LogP contribution in [0.5, 0.6) is 0 Å². The first kappa shape index (κ1) is 29.8. The van der Waals surface area contributed by atoms with Gasteiger partial charge < -0.3 is 9.80 Å². The van der Waals surface area contributed by atoms with Crippen molar-refractivity contribution in [2.24, 2.45) is 0 Å². The largest absolute Gasteiger partial charge is 0.314 e. The van der Waals surface area contributed by atoms with Gasteiger partial charge in [-0.1, -0.05) is 113 Å². The van der Waals surface area contributed by atoms with E-state index in [0.29, 0.717) is 0 Å². The molecular weight excluding hydrogens is 581 g/mol. The maximum atomic E-state index is 2.50. The van der Waals surface area contributed by atoms with Gasteiger partial charge in [-0.15, -0.1) is 0 Å². The minimum absolute atomic E-state index is 1.00. The standard InChI is InChI=1S/C46H40N2/c1-31-13-21-35(22-14-31)47(36-23-15-32(2)16-24-36)45-29-43-40-10-6-8-12-42(40)46(30-44(43)39-9-5-7-11-41(39)45)48(37-25-17-33(3)18-26-37)38-27-19-34(4)20-28-38/h5-19,21-27,29-30H,20,28H2,1-4H3. The van der Waals surface area contributed by atoms with E-state index in [1.54, 1.807) is 0 Å². The van der Waals surface area contributed by atoms with Gasteiger partial charge in [-0.05, 0) is 117 Å². The minimum atomic E-state index is 1.00. The predicted molar refractivity (Wildman–Crippen MR) is 208 cm³/mol. The minimum Gasteiger partial charge on any atom is -0.314 e. The van der Waals surface area contributed by atoms with Gasteiger partial charge >= 0.3 is 0 Å². The van der Waals surface area contributed by atoms with Crippen LogP contribution in [0.2, 0.25) is 0 Å². The van der Waals surface area contributed by atoms with E-state index in [0.717, 1.165) is 24.2 Å². The van der Waals surface area contributed by atoms with E-state index in [2.05, 4.69) is 183 Å². The third kappa shape index (κ3) is 5.34. The summed E-state index contributed by atoms with van der Waals surface area (Å²) in [6, 6.07) is 49.5. The smallest absolute Gasteiger partial charge is 0.0546 e. The molecule has 0 radical (unpaired) electrons. The Kier molecular flexibility index (Phi) is 7.57. The molecule has 7 aromatic rings. The summed E-state index contributed by atoms with van der Waals surface area (Å²) in [7, 11) is 0. The molecule has 0 fully saturated rings. The molecule has 0 saturated carbocycles. The number of rotatable bonds is 6. The number of benzene rings is 7. The van der Waals surface area contributed by atoms with Crippen molar-refractivity contribution in [1.82, 2.24) is 0 Å². The Labute approximate surface area is 283 Å². The fourth-order valence-corrected chi connectivity index (χ4v) is 7.17. The van der Waals surface area contributed by atoms with Crippen molar-refractivity contribution in [2.75, 3.05) is 9.80 Å². The van der Waals surface area contributed by atoms with Gasteiger partial charge in [0.15, 0.2) is 0 Å². The van der Waals surface area contributed by atoms with Gasteiger partial charge in [0.05, 0.1) is 11.4 Å². The molecule has 1 aliphatic rings. The van der Waals surface area contributed by atoms with E-state index in [1.165, 1.54) is 77.3 Å². The van der Waals surface area contributed by atoms with Crippen LogP contribution in [0.4, 0.5) is 28.4 Å². The van der Waals surface area contributed by atoms with Crippen molar-refractivity contribution in [1.29, 1.82) is 0 Å². The summed E-state index contributed by atoms with van der Waals surface area (Å²) in [5, 5.41) is 7.49. The molecule has 7 aromatic carbocycles. The third-order valence-electron chi connectivity index (χ3n) is 9.82. The van der Waals surface area contributed by atoms with Crippen LogP contribution in [-0.4, -0.2) is 0 Å². The molecule has 0 saturated heterocycles. The number of nitrogens with zero attached hydrogens (tertiary/aromatic N) is 2. The van der Waals surface area contributed by atoms with Crippen LogP contribution in [-0.2, 0) is 0 Å². The lowest BCUT2D eigenvalue weighted by molar-refractivity contribution is 0.876. The number of aryl methyl sites for hydroxylation is 3. The lowest BCUT2D eigenvalue weighted by Crippen LogP contribution is -2.18. The Hall–Kier alpha value is -5.60. The first-order valence-electron chi connectivity index (χ1n) is 17.0. The van der Waals surface area contributed by atoms with Gasteiger partial charge in [0.25, 0.3) is 0 Å². The van der Waals surface area contributed by atoms with Gasteiger partial charge in [-0.25, -0.2) is 0 Å². The fraction of sp³-hybridized carbons (Fsp3) is 0.130. The van der Waals surface area contributed by atoms with Crippen LogP contribution in [0.3, 0.4) is 0 Å². The van der Waals surface area contributed by atoms with Crippen molar-refractivity contribution < 1.29 is 0 Å². The normalized spacial score (nSPS) is 13.1. The van der Waals surface area contributed by atoms with Crippen molar-refractivity contribution in [2.45, 2.75) is 40.5 Å². The van der Waals surface area contributed by atoms with Crippen LogP contribution < -0.4 is 9.80 Å². The molecule has 8 rings (SSSR count).